The molecule has 106 valence electrons. The summed E-state index contributed by atoms with van der Waals surface area (Å²) in [7, 11) is 0. The third-order valence-corrected chi connectivity index (χ3v) is 4.97. The number of piperazine rings is 1. The molecule has 3 nitrogen and oxygen atoms in total. The van der Waals surface area contributed by atoms with Crippen LogP contribution in [0.25, 0.3) is 0 Å². The Labute approximate surface area is 113 Å². The molecule has 2 aliphatic rings. The van der Waals surface area contributed by atoms with Crippen LogP contribution in [-0.2, 0) is 0 Å². The lowest BCUT2D eigenvalue weighted by Gasteiger charge is -2.45. The van der Waals surface area contributed by atoms with Gasteiger partial charge in [-0.05, 0) is 40.0 Å². The largest absolute Gasteiger partial charge is 0.314 e. The highest BCUT2D eigenvalue weighted by Crippen LogP contribution is 2.29. The van der Waals surface area contributed by atoms with Gasteiger partial charge in [-0.2, -0.15) is 0 Å². The first-order valence-corrected chi connectivity index (χ1v) is 7.76. The van der Waals surface area contributed by atoms with Gasteiger partial charge in [0.15, 0.2) is 0 Å². The highest BCUT2D eigenvalue weighted by Gasteiger charge is 2.36. The van der Waals surface area contributed by atoms with Gasteiger partial charge >= 0.3 is 0 Å². The van der Waals surface area contributed by atoms with E-state index in [0.29, 0.717) is 5.54 Å². The van der Waals surface area contributed by atoms with Crippen molar-refractivity contribution in [3.05, 3.63) is 0 Å². The van der Waals surface area contributed by atoms with Crippen molar-refractivity contribution < 1.29 is 0 Å². The Balaban J connectivity index is 1.97. The van der Waals surface area contributed by atoms with Gasteiger partial charge in [0.25, 0.3) is 0 Å². The molecule has 2 heterocycles. The lowest BCUT2D eigenvalue weighted by molar-refractivity contribution is 0.0461. The summed E-state index contributed by atoms with van der Waals surface area (Å²) in [6.07, 6.45) is 4.09. The fourth-order valence-electron chi connectivity index (χ4n) is 3.67. The molecular formula is C15H31N3. The van der Waals surface area contributed by atoms with Crippen LogP contribution >= 0.6 is 0 Å². The Hall–Kier alpha value is -0.120. The molecule has 0 aromatic rings. The van der Waals surface area contributed by atoms with Gasteiger partial charge in [0, 0.05) is 50.3 Å². The van der Waals surface area contributed by atoms with Crippen LogP contribution in [0.1, 0.15) is 47.0 Å². The molecule has 0 saturated carbocycles. The Morgan fingerprint density at radius 3 is 2.44 bits per heavy atom. The highest BCUT2D eigenvalue weighted by atomic mass is 15.3. The standard InChI is InChI=1S/C15H31N3/c1-5-14-7-6-13(2)18(14)12-15(3,4)17-10-8-16-9-11-17/h13-14,16H,5-12H2,1-4H3. The molecule has 0 amide bonds. The van der Waals surface area contributed by atoms with Crippen molar-refractivity contribution in [2.75, 3.05) is 32.7 Å². The quantitative estimate of drug-likeness (QED) is 0.826. The third kappa shape index (κ3) is 3.06. The van der Waals surface area contributed by atoms with Crippen molar-refractivity contribution in [1.82, 2.24) is 15.1 Å². The van der Waals surface area contributed by atoms with E-state index in [1.54, 1.807) is 0 Å². The van der Waals surface area contributed by atoms with Crippen molar-refractivity contribution in [2.24, 2.45) is 0 Å². The minimum atomic E-state index is 0.314. The molecule has 18 heavy (non-hydrogen) atoms. The molecule has 2 atom stereocenters. The van der Waals surface area contributed by atoms with E-state index < -0.39 is 0 Å². The van der Waals surface area contributed by atoms with E-state index in [2.05, 4.69) is 42.8 Å². The Bertz CT molecular complexity index is 258. The average Bonchev–Trinajstić information content (AvgIpc) is 2.71. The fourth-order valence-corrected chi connectivity index (χ4v) is 3.67. The van der Waals surface area contributed by atoms with Gasteiger partial charge in [0.05, 0.1) is 0 Å². The molecule has 0 spiro atoms. The molecule has 0 aromatic carbocycles. The zero-order valence-electron chi connectivity index (χ0n) is 12.7. The second kappa shape index (κ2) is 5.89. The SMILES string of the molecule is CCC1CCC(C)N1CC(C)(C)N1CCNCC1. The number of hydrogen-bond acceptors (Lipinski definition) is 3. The molecule has 2 unspecified atom stereocenters. The van der Waals surface area contributed by atoms with Crippen LogP contribution in [0.5, 0.6) is 0 Å². The maximum atomic E-state index is 3.45. The van der Waals surface area contributed by atoms with Crippen LogP contribution in [-0.4, -0.2) is 60.1 Å². The molecule has 2 aliphatic heterocycles. The van der Waals surface area contributed by atoms with Crippen LogP contribution < -0.4 is 5.32 Å². The maximum absolute atomic E-state index is 3.45. The summed E-state index contributed by atoms with van der Waals surface area (Å²) in [5, 5.41) is 3.45. The molecule has 1 N–H and O–H groups in total. The van der Waals surface area contributed by atoms with E-state index in [9.17, 15) is 0 Å². The maximum Gasteiger partial charge on any atom is 0.0281 e. The minimum Gasteiger partial charge on any atom is -0.314 e. The predicted octanol–water partition coefficient (Wildman–Crippen LogP) is 1.93. The Morgan fingerprint density at radius 1 is 1.17 bits per heavy atom. The zero-order valence-corrected chi connectivity index (χ0v) is 12.7. The summed E-state index contributed by atoms with van der Waals surface area (Å²) in [6.45, 7) is 15.5. The van der Waals surface area contributed by atoms with Gasteiger partial charge in [0.2, 0.25) is 0 Å². The first kappa shape index (κ1) is 14.3. The van der Waals surface area contributed by atoms with Crippen LogP contribution in [0, 0.1) is 0 Å². The van der Waals surface area contributed by atoms with E-state index >= 15 is 0 Å². The molecule has 0 aromatic heterocycles. The van der Waals surface area contributed by atoms with E-state index in [1.165, 1.54) is 38.9 Å². The monoisotopic (exact) mass is 253 g/mol. The number of nitrogens with one attached hydrogen (secondary N) is 1. The first-order valence-electron chi connectivity index (χ1n) is 7.76. The second-order valence-electron chi connectivity index (χ2n) is 6.71. The van der Waals surface area contributed by atoms with Gasteiger partial charge in [-0.15, -0.1) is 0 Å². The second-order valence-corrected chi connectivity index (χ2v) is 6.71. The van der Waals surface area contributed by atoms with E-state index in [0.717, 1.165) is 25.2 Å². The van der Waals surface area contributed by atoms with Crippen molar-refractivity contribution in [1.29, 1.82) is 0 Å². The highest BCUT2D eigenvalue weighted by molar-refractivity contribution is 4.93. The molecule has 0 aliphatic carbocycles. The van der Waals surface area contributed by atoms with Crippen molar-refractivity contribution in [2.45, 2.75) is 64.6 Å². The van der Waals surface area contributed by atoms with Crippen LogP contribution in [0.15, 0.2) is 0 Å². The van der Waals surface area contributed by atoms with Crippen molar-refractivity contribution >= 4 is 0 Å². The van der Waals surface area contributed by atoms with Gasteiger partial charge in [-0.25, -0.2) is 0 Å². The summed E-state index contributed by atoms with van der Waals surface area (Å²) in [6, 6.07) is 1.60. The summed E-state index contributed by atoms with van der Waals surface area (Å²) in [5.41, 5.74) is 0.314. The summed E-state index contributed by atoms with van der Waals surface area (Å²) >= 11 is 0. The molecule has 2 rings (SSSR count). The van der Waals surface area contributed by atoms with Gasteiger partial charge in [-0.1, -0.05) is 6.92 Å². The third-order valence-electron chi connectivity index (χ3n) is 4.97. The predicted molar refractivity (Wildman–Crippen MR) is 78.0 cm³/mol. The molecular weight excluding hydrogens is 222 g/mol. The summed E-state index contributed by atoms with van der Waals surface area (Å²) in [5.74, 6) is 0. The molecule has 2 saturated heterocycles. The van der Waals surface area contributed by atoms with Crippen LogP contribution in [0.4, 0.5) is 0 Å². The average molecular weight is 253 g/mol. The first-order chi connectivity index (χ1) is 8.54. The lowest BCUT2D eigenvalue weighted by Crippen LogP contribution is -2.58. The van der Waals surface area contributed by atoms with E-state index in [1.807, 2.05) is 0 Å². The van der Waals surface area contributed by atoms with Crippen molar-refractivity contribution in [3.8, 4) is 0 Å². The topological polar surface area (TPSA) is 18.5 Å². The molecule has 0 radical (unpaired) electrons. The lowest BCUT2D eigenvalue weighted by atomic mass is 9.99. The smallest absolute Gasteiger partial charge is 0.0281 e. The van der Waals surface area contributed by atoms with Gasteiger partial charge in [0.1, 0.15) is 0 Å². The zero-order chi connectivity index (χ0) is 13.2. The fraction of sp³-hybridized carbons (Fsp3) is 1.00. The Kier molecular flexibility index (Phi) is 4.68. The van der Waals surface area contributed by atoms with Crippen LogP contribution in [0.2, 0.25) is 0 Å². The van der Waals surface area contributed by atoms with E-state index in [-0.39, 0.29) is 0 Å². The number of hydrogen-bond donors (Lipinski definition) is 1. The van der Waals surface area contributed by atoms with Crippen LogP contribution in [0.3, 0.4) is 0 Å². The van der Waals surface area contributed by atoms with E-state index in [4.69, 9.17) is 0 Å². The normalized spacial score (nSPS) is 32.0. The Morgan fingerprint density at radius 2 is 1.83 bits per heavy atom. The van der Waals surface area contributed by atoms with Crippen molar-refractivity contribution in [3.63, 3.8) is 0 Å². The molecule has 3 heteroatoms. The summed E-state index contributed by atoms with van der Waals surface area (Å²) < 4.78 is 0. The minimum absolute atomic E-state index is 0.314. The number of nitrogens with zero attached hydrogens (tertiary/aromatic N) is 2. The molecule has 0 bridgehead atoms. The number of likely N-dealkylation sites (tertiary alicyclic amines) is 1. The number of rotatable bonds is 4. The van der Waals surface area contributed by atoms with Gasteiger partial charge < -0.3 is 5.32 Å². The molecule has 2 fully saturated rings. The van der Waals surface area contributed by atoms with Gasteiger partial charge in [-0.3, -0.25) is 9.80 Å². The summed E-state index contributed by atoms with van der Waals surface area (Å²) in [4.78, 5) is 5.43.